The number of rotatable bonds is 5. The molecule has 0 saturated heterocycles. The summed E-state index contributed by atoms with van der Waals surface area (Å²) >= 11 is 0. The Morgan fingerprint density at radius 2 is 1.88 bits per heavy atom. The number of allylic oxidation sites excluding steroid dienone is 3. The Hall–Kier alpha value is -2.95. The summed E-state index contributed by atoms with van der Waals surface area (Å²) in [5.41, 5.74) is -3.89. The van der Waals surface area contributed by atoms with E-state index in [2.05, 4.69) is 5.10 Å². The molecule has 2 aromatic rings. The molecule has 0 saturated carbocycles. The van der Waals surface area contributed by atoms with Gasteiger partial charge in [-0.25, -0.2) is 9.48 Å². The smallest absolute Gasteiger partial charge is 0.422 e. The number of benzene rings is 1. The van der Waals surface area contributed by atoms with E-state index >= 15 is 0 Å². The third-order valence-electron chi connectivity index (χ3n) is 6.42. The van der Waals surface area contributed by atoms with E-state index in [-0.39, 0.29) is 5.56 Å². The average Bonchev–Trinajstić information content (AvgIpc) is 3.32. The second kappa shape index (κ2) is 7.29. The van der Waals surface area contributed by atoms with Gasteiger partial charge in [-0.2, -0.15) is 18.3 Å². The second-order valence-corrected chi connectivity index (χ2v) is 8.19. The molecule has 2 aliphatic rings. The molecule has 0 aliphatic heterocycles. The van der Waals surface area contributed by atoms with Crippen molar-refractivity contribution in [2.75, 3.05) is 13.2 Å². The van der Waals surface area contributed by atoms with Gasteiger partial charge < -0.3 is 20.4 Å². The van der Waals surface area contributed by atoms with Crippen molar-refractivity contribution in [1.82, 2.24) is 9.78 Å². The first-order chi connectivity index (χ1) is 15.0. The Morgan fingerprint density at radius 3 is 2.47 bits per heavy atom. The molecule has 1 aromatic carbocycles. The van der Waals surface area contributed by atoms with Gasteiger partial charge in [-0.3, -0.25) is 0 Å². The van der Waals surface area contributed by atoms with Crippen molar-refractivity contribution >= 4 is 11.5 Å². The van der Waals surface area contributed by atoms with Crippen LogP contribution < -0.4 is 0 Å². The molecule has 4 rings (SSSR count). The molecule has 4 N–H and O–H groups in total. The maximum atomic E-state index is 14.2. The molecule has 0 amide bonds. The Morgan fingerprint density at radius 1 is 1.22 bits per heavy atom. The molecule has 0 bridgehead atoms. The molecule has 3 atom stereocenters. The van der Waals surface area contributed by atoms with Crippen LogP contribution in [-0.2, 0) is 15.9 Å². The lowest BCUT2D eigenvalue weighted by molar-refractivity contribution is -0.277. The molecule has 170 valence electrons. The zero-order valence-corrected chi connectivity index (χ0v) is 16.9. The van der Waals surface area contributed by atoms with Crippen molar-refractivity contribution < 1.29 is 38.4 Å². The number of aliphatic hydroxyl groups excluding tert-OH is 2. The largest absolute Gasteiger partial charge is 0.479 e. The lowest BCUT2D eigenvalue weighted by Crippen LogP contribution is -2.49. The number of aliphatic carboxylic acids is 1. The van der Waals surface area contributed by atoms with Gasteiger partial charge in [0.15, 0.2) is 5.60 Å². The Labute approximate surface area is 180 Å². The average molecular weight is 450 g/mol. The van der Waals surface area contributed by atoms with E-state index in [1.165, 1.54) is 36.7 Å². The van der Waals surface area contributed by atoms with Gasteiger partial charge in [0, 0.05) is 23.6 Å². The van der Waals surface area contributed by atoms with Gasteiger partial charge in [0.25, 0.3) is 0 Å². The fourth-order valence-corrected chi connectivity index (χ4v) is 4.71. The third-order valence-corrected chi connectivity index (χ3v) is 6.42. The van der Waals surface area contributed by atoms with Gasteiger partial charge in [-0.05, 0) is 23.6 Å². The number of fused-ring (bicyclic) bond motifs is 3. The van der Waals surface area contributed by atoms with E-state index in [0.29, 0.717) is 22.3 Å². The van der Waals surface area contributed by atoms with Gasteiger partial charge >= 0.3 is 12.1 Å². The number of carboxylic acids is 1. The second-order valence-electron chi connectivity index (χ2n) is 8.19. The summed E-state index contributed by atoms with van der Waals surface area (Å²) < 4.78 is 43.4. The molecule has 2 aliphatic carbocycles. The standard InChI is InChI=1S/C22H21F3N2O5/c1-12-6-15(13-8-26-27(9-13)20(10-28,11-29)19(30)31)18-14-4-2-3-5-16(14)21(32,17(18)7-12)22(23,24)25/h2-9,17-18,28-29,32H,10-11H2,1H3,(H,30,31)/t17?,18?,21-/m1/s1. The van der Waals surface area contributed by atoms with Crippen molar-refractivity contribution in [2.45, 2.75) is 30.2 Å². The number of alkyl halides is 3. The van der Waals surface area contributed by atoms with Crippen LogP contribution in [0.3, 0.4) is 0 Å². The summed E-state index contributed by atoms with van der Waals surface area (Å²) in [7, 11) is 0. The maximum absolute atomic E-state index is 14.2. The van der Waals surface area contributed by atoms with Crippen molar-refractivity contribution in [2.24, 2.45) is 5.92 Å². The minimum Gasteiger partial charge on any atom is -0.479 e. The number of carbonyl (C=O) groups is 1. The Kier molecular flexibility index (Phi) is 5.07. The summed E-state index contributed by atoms with van der Waals surface area (Å²) in [5.74, 6) is -3.70. The number of aliphatic hydroxyl groups is 3. The van der Waals surface area contributed by atoms with Crippen LogP contribution in [0.4, 0.5) is 13.2 Å². The van der Waals surface area contributed by atoms with Crippen LogP contribution in [0.5, 0.6) is 0 Å². The molecule has 0 fully saturated rings. The molecule has 32 heavy (non-hydrogen) atoms. The van der Waals surface area contributed by atoms with Crippen LogP contribution in [0.1, 0.15) is 29.5 Å². The first-order valence-corrected chi connectivity index (χ1v) is 9.80. The maximum Gasteiger partial charge on any atom is 0.422 e. The summed E-state index contributed by atoms with van der Waals surface area (Å²) in [4.78, 5) is 11.7. The number of hydrogen-bond acceptors (Lipinski definition) is 5. The summed E-state index contributed by atoms with van der Waals surface area (Å²) in [6, 6.07) is 5.83. The predicted octanol–water partition coefficient (Wildman–Crippen LogP) is 2.15. The van der Waals surface area contributed by atoms with Crippen LogP contribution in [0.2, 0.25) is 0 Å². The van der Waals surface area contributed by atoms with E-state index in [4.69, 9.17) is 0 Å². The van der Waals surface area contributed by atoms with Crippen LogP contribution in [0.25, 0.3) is 5.57 Å². The van der Waals surface area contributed by atoms with E-state index in [1.807, 2.05) is 0 Å². The van der Waals surface area contributed by atoms with E-state index in [9.17, 15) is 38.4 Å². The molecule has 7 nitrogen and oxygen atoms in total. The van der Waals surface area contributed by atoms with E-state index in [1.54, 1.807) is 19.1 Å². The number of nitrogens with zero attached hydrogens (tertiary/aromatic N) is 2. The summed E-state index contributed by atoms with van der Waals surface area (Å²) in [5, 5.41) is 43.7. The van der Waals surface area contributed by atoms with Crippen LogP contribution in [0.15, 0.2) is 54.4 Å². The highest BCUT2D eigenvalue weighted by molar-refractivity contribution is 5.80. The normalized spacial score (nSPS) is 25.1. The lowest BCUT2D eigenvalue weighted by atomic mass is 9.73. The van der Waals surface area contributed by atoms with Gasteiger partial charge in [-0.15, -0.1) is 0 Å². The highest BCUT2D eigenvalue weighted by Crippen LogP contribution is 2.61. The number of carboxylic acid groups (broad SMARTS) is 1. The van der Waals surface area contributed by atoms with Crippen molar-refractivity contribution in [3.8, 4) is 0 Å². The first-order valence-electron chi connectivity index (χ1n) is 9.80. The number of hydrogen-bond donors (Lipinski definition) is 4. The Bertz CT molecular complexity index is 1130. The van der Waals surface area contributed by atoms with Crippen LogP contribution in [0, 0.1) is 5.92 Å². The van der Waals surface area contributed by atoms with E-state index < -0.39 is 48.3 Å². The summed E-state index contributed by atoms with van der Waals surface area (Å²) in [6.07, 6.45) is 0.683. The fraction of sp³-hybridized carbons (Fsp3) is 0.364. The van der Waals surface area contributed by atoms with Crippen molar-refractivity contribution in [1.29, 1.82) is 0 Å². The van der Waals surface area contributed by atoms with Crippen LogP contribution in [-0.4, -0.2) is 55.6 Å². The van der Waals surface area contributed by atoms with Gasteiger partial charge in [0.2, 0.25) is 5.54 Å². The molecular weight excluding hydrogens is 429 g/mol. The first kappa shape index (κ1) is 22.3. The zero-order chi connectivity index (χ0) is 23.5. The molecule has 2 unspecified atom stereocenters. The molecule has 1 aromatic heterocycles. The quantitative estimate of drug-likeness (QED) is 0.555. The molecule has 10 heteroatoms. The number of aromatic nitrogens is 2. The minimum absolute atomic E-state index is 0.225. The minimum atomic E-state index is -4.93. The van der Waals surface area contributed by atoms with Gasteiger partial charge in [0.1, 0.15) is 0 Å². The Balaban J connectivity index is 1.88. The zero-order valence-electron chi connectivity index (χ0n) is 16.9. The molecule has 0 radical (unpaired) electrons. The van der Waals surface area contributed by atoms with Gasteiger partial charge in [0.05, 0.1) is 19.4 Å². The fourth-order valence-electron chi connectivity index (χ4n) is 4.71. The SMILES string of the molecule is CC1=CC2C(C(c3cnn(C(CO)(CO)C(=O)O)c3)=C1)c1ccccc1[C@]2(O)C(F)(F)F. The van der Waals surface area contributed by atoms with Crippen molar-refractivity contribution in [3.05, 3.63) is 71.1 Å². The summed E-state index contributed by atoms with van der Waals surface area (Å²) in [6.45, 7) is -0.273. The number of halogens is 3. The third kappa shape index (κ3) is 2.86. The van der Waals surface area contributed by atoms with Crippen molar-refractivity contribution in [3.63, 3.8) is 0 Å². The molecule has 1 heterocycles. The van der Waals surface area contributed by atoms with Crippen LogP contribution >= 0.6 is 0 Å². The lowest BCUT2D eigenvalue weighted by Gasteiger charge is -2.36. The predicted molar refractivity (Wildman–Crippen MR) is 106 cm³/mol. The highest BCUT2D eigenvalue weighted by atomic mass is 19.4. The van der Waals surface area contributed by atoms with Gasteiger partial charge in [-0.1, -0.05) is 42.0 Å². The topological polar surface area (TPSA) is 116 Å². The highest BCUT2D eigenvalue weighted by Gasteiger charge is 2.66. The molecule has 0 spiro atoms. The monoisotopic (exact) mass is 450 g/mol. The van der Waals surface area contributed by atoms with E-state index in [0.717, 1.165) is 4.68 Å². The molecular formula is C22H21F3N2O5.